The first-order valence-electron chi connectivity index (χ1n) is 11.1. The number of carbonyl (C=O) groups is 1. The Bertz CT molecular complexity index is 836. The van der Waals surface area contributed by atoms with Crippen LogP contribution in [0.5, 0.6) is 5.75 Å². The van der Waals surface area contributed by atoms with Crippen molar-refractivity contribution in [1.82, 2.24) is 20.1 Å². The molecule has 1 aromatic carbocycles. The highest BCUT2D eigenvalue weighted by Crippen LogP contribution is 2.20. The highest BCUT2D eigenvalue weighted by molar-refractivity contribution is 5.74. The molecule has 1 aliphatic heterocycles. The number of amides is 2. The Morgan fingerprint density at radius 2 is 2.00 bits per heavy atom. The van der Waals surface area contributed by atoms with Crippen molar-refractivity contribution in [2.75, 3.05) is 26.7 Å². The van der Waals surface area contributed by atoms with Crippen LogP contribution in [0.15, 0.2) is 34.9 Å². The Morgan fingerprint density at radius 3 is 2.62 bits per heavy atom. The zero-order chi connectivity index (χ0) is 22.9. The second kappa shape index (κ2) is 11.8. The molecule has 0 atom stereocenters. The van der Waals surface area contributed by atoms with E-state index in [0.717, 1.165) is 50.1 Å². The number of halogens is 2. The number of benzene rings is 1. The maximum atomic E-state index is 13.1. The van der Waals surface area contributed by atoms with Crippen LogP contribution in [-0.4, -0.2) is 53.6 Å². The summed E-state index contributed by atoms with van der Waals surface area (Å²) in [7, 11) is 2.06. The van der Waals surface area contributed by atoms with Gasteiger partial charge in [-0.05, 0) is 57.1 Å². The van der Waals surface area contributed by atoms with Crippen molar-refractivity contribution in [3.05, 3.63) is 47.7 Å². The number of nitrogens with one attached hydrogen (secondary N) is 1. The fraction of sp³-hybridized carbons (Fsp3) is 0.565. The number of oxazole rings is 1. The first kappa shape index (κ1) is 24.0. The summed E-state index contributed by atoms with van der Waals surface area (Å²) in [5.41, 5.74) is 1.20. The quantitative estimate of drug-likeness (QED) is 0.536. The zero-order valence-corrected chi connectivity index (χ0v) is 18.7. The number of carbonyl (C=O) groups excluding carboxylic acids is 1. The van der Waals surface area contributed by atoms with Gasteiger partial charge in [-0.15, -0.1) is 0 Å². The molecule has 0 aliphatic carbocycles. The van der Waals surface area contributed by atoms with E-state index >= 15 is 0 Å². The fourth-order valence-electron chi connectivity index (χ4n) is 3.56. The number of hydrogen-bond donors (Lipinski definition) is 1. The average Bonchev–Trinajstić information content (AvgIpc) is 3.25. The minimum Gasteiger partial charge on any atom is -0.494 e. The molecule has 176 valence electrons. The molecule has 0 spiro atoms. The summed E-state index contributed by atoms with van der Waals surface area (Å²) in [6.07, 6.45) is 2.20. The minimum atomic E-state index is -2.79. The molecule has 0 saturated carbocycles. The molecule has 9 heteroatoms. The first-order valence-corrected chi connectivity index (χ1v) is 11.1. The van der Waals surface area contributed by atoms with Crippen LogP contribution < -0.4 is 10.1 Å². The van der Waals surface area contributed by atoms with Gasteiger partial charge in [0.15, 0.2) is 0 Å². The van der Waals surface area contributed by atoms with Gasteiger partial charge in [0.25, 0.3) is 5.89 Å². The van der Waals surface area contributed by atoms with E-state index < -0.39 is 12.3 Å². The zero-order valence-electron chi connectivity index (χ0n) is 18.7. The lowest BCUT2D eigenvalue weighted by Crippen LogP contribution is -2.48. The molecule has 1 saturated heterocycles. The number of rotatable bonds is 10. The van der Waals surface area contributed by atoms with E-state index in [-0.39, 0.29) is 18.6 Å². The summed E-state index contributed by atoms with van der Waals surface area (Å²) in [6, 6.07) is 7.41. The van der Waals surface area contributed by atoms with E-state index in [1.165, 1.54) is 6.26 Å². The van der Waals surface area contributed by atoms with Crippen molar-refractivity contribution in [3.63, 3.8) is 0 Å². The standard InChI is InChI=1S/C23H32F2N4O3/c1-3-4-13-31-20-7-5-17(6-8-20)14-29(15-19-16-32-22(26-19)21(24)25)23(30)27-18-9-11-28(2)12-10-18/h5-8,16,18,21H,3-4,9-15H2,1-2H3,(H,27,30). The summed E-state index contributed by atoms with van der Waals surface area (Å²) >= 11 is 0. The Kier molecular flexibility index (Phi) is 8.84. The van der Waals surface area contributed by atoms with Crippen LogP contribution in [0.4, 0.5) is 13.6 Å². The molecule has 2 amide bonds. The van der Waals surface area contributed by atoms with Crippen LogP contribution in [0.25, 0.3) is 0 Å². The third kappa shape index (κ3) is 7.19. The van der Waals surface area contributed by atoms with Crippen LogP contribution in [-0.2, 0) is 13.1 Å². The lowest BCUT2D eigenvalue weighted by molar-refractivity contribution is 0.115. The van der Waals surface area contributed by atoms with E-state index in [9.17, 15) is 13.6 Å². The Hall–Kier alpha value is -2.68. The predicted octanol–water partition coefficient (Wildman–Crippen LogP) is 4.60. The lowest BCUT2D eigenvalue weighted by Gasteiger charge is -2.31. The molecule has 0 bridgehead atoms. The molecule has 7 nitrogen and oxygen atoms in total. The van der Waals surface area contributed by atoms with E-state index in [0.29, 0.717) is 18.8 Å². The van der Waals surface area contributed by atoms with Gasteiger partial charge in [0.2, 0.25) is 0 Å². The third-order valence-electron chi connectivity index (χ3n) is 5.51. The topological polar surface area (TPSA) is 70.8 Å². The summed E-state index contributed by atoms with van der Waals surface area (Å²) in [4.78, 5) is 20.7. The summed E-state index contributed by atoms with van der Waals surface area (Å²) < 4.78 is 36.2. The van der Waals surface area contributed by atoms with Crippen molar-refractivity contribution in [3.8, 4) is 5.75 Å². The van der Waals surface area contributed by atoms with Crippen LogP contribution in [0.1, 0.15) is 56.2 Å². The molecule has 1 fully saturated rings. The molecule has 32 heavy (non-hydrogen) atoms. The van der Waals surface area contributed by atoms with Gasteiger partial charge in [0, 0.05) is 12.6 Å². The Morgan fingerprint density at radius 1 is 1.28 bits per heavy atom. The van der Waals surface area contributed by atoms with Gasteiger partial charge in [0.05, 0.1) is 18.8 Å². The number of piperidine rings is 1. The molecular formula is C23H32F2N4O3. The van der Waals surface area contributed by atoms with E-state index in [1.807, 2.05) is 24.3 Å². The number of nitrogens with zero attached hydrogens (tertiary/aromatic N) is 3. The molecule has 2 heterocycles. The molecule has 1 N–H and O–H groups in total. The Labute approximate surface area is 187 Å². The van der Waals surface area contributed by atoms with Gasteiger partial charge >= 0.3 is 12.5 Å². The lowest BCUT2D eigenvalue weighted by atomic mass is 10.1. The van der Waals surface area contributed by atoms with Crippen molar-refractivity contribution in [2.45, 2.75) is 58.2 Å². The molecule has 1 aliphatic rings. The minimum absolute atomic E-state index is 0.0728. The van der Waals surface area contributed by atoms with Gasteiger partial charge in [-0.3, -0.25) is 0 Å². The van der Waals surface area contributed by atoms with E-state index in [1.54, 1.807) is 4.90 Å². The Balaban J connectivity index is 1.67. The van der Waals surface area contributed by atoms with Gasteiger partial charge in [-0.2, -0.15) is 8.78 Å². The second-order valence-corrected chi connectivity index (χ2v) is 8.21. The van der Waals surface area contributed by atoms with Crippen molar-refractivity contribution in [1.29, 1.82) is 0 Å². The molecule has 3 rings (SSSR count). The second-order valence-electron chi connectivity index (χ2n) is 8.21. The molecule has 0 unspecified atom stereocenters. The number of ether oxygens (including phenoxy) is 1. The number of urea groups is 1. The molecule has 0 radical (unpaired) electrons. The molecule has 2 aromatic rings. The predicted molar refractivity (Wildman–Crippen MR) is 117 cm³/mol. The van der Waals surface area contributed by atoms with Gasteiger partial charge in [0.1, 0.15) is 12.0 Å². The van der Waals surface area contributed by atoms with Crippen molar-refractivity contribution >= 4 is 6.03 Å². The average molecular weight is 451 g/mol. The first-order chi connectivity index (χ1) is 15.4. The SMILES string of the molecule is CCCCOc1ccc(CN(Cc2coc(C(F)F)n2)C(=O)NC2CCN(C)CC2)cc1. The number of unbranched alkanes of at least 4 members (excludes halogenated alkanes) is 1. The molecule has 1 aromatic heterocycles. The number of hydrogen-bond acceptors (Lipinski definition) is 5. The molecular weight excluding hydrogens is 418 g/mol. The monoisotopic (exact) mass is 450 g/mol. The van der Waals surface area contributed by atoms with Crippen LogP contribution >= 0.6 is 0 Å². The van der Waals surface area contributed by atoms with Gasteiger partial charge in [-0.25, -0.2) is 9.78 Å². The number of aromatic nitrogens is 1. The fourth-order valence-corrected chi connectivity index (χ4v) is 3.56. The van der Waals surface area contributed by atoms with Crippen LogP contribution in [0.3, 0.4) is 0 Å². The van der Waals surface area contributed by atoms with Crippen LogP contribution in [0, 0.1) is 0 Å². The van der Waals surface area contributed by atoms with E-state index in [4.69, 9.17) is 9.15 Å². The van der Waals surface area contributed by atoms with Crippen molar-refractivity contribution < 1.29 is 22.7 Å². The van der Waals surface area contributed by atoms with Crippen LogP contribution in [0.2, 0.25) is 0 Å². The van der Waals surface area contributed by atoms with E-state index in [2.05, 4.69) is 29.2 Å². The summed E-state index contributed by atoms with van der Waals surface area (Å²) in [5.74, 6) is 0.145. The third-order valence-corrected chi connectivity index (χ3v) is 5.51. The number of likely N-dealkylation sites (tertiary alicyclic amines) is 1. The normalized spacial score (nSPS) is 15.2. The maximum Gasteiger partial charge on any atom is 0.318 e. The summed E-state index contributed by atoms with van der Waals surface area (Å²) in [5, 5.41) is 3.08. The van der Waals surface area contributed by atoms with Gasteiger partial charge < -0.3 is 24.3 Å². The number of alkyl halides is 2. The highest BCUT2D eigenvalue weighted by Gasteiger charge is 2.23. The summed E-state index contributed by atoms with van der Waals surface area (Å²) in [6.45, 7) is 5.00. The van der Waals surface area contributed by atoms with Crippen molar-refractivity contribution in [2.24, 2.45) is 0 Å². The maximum absolute atomic E-state index is 13.1. The van der Waals surface area contributed by atoms with Gasteiger partial charge in [-0.1, -0.05) is 25.5 Å². The smallest absolute Gasteiger partial charge is 0.318 e. The highest BCUT2D eigenvalue weighted by atomic mass is 19.3. The largest absolute Gasteiger partial charge is 0.494 e.